The number of Topliss-reactive ketones (excluding diaryl/α,β-unsaturated/α-hetero) is 1. The Bertz CT molecular complexity index is 724. The third kappa shape index (κ3) is 4.35. The zero-order valence-electron chi connectivity index (χ0n) is 14.4. The van der Waals surface area contributed by atoms with Crippen molar-refractivity contribution in [3.63, 3.8) is 0 Å². The Balaban J connectivity index is 2.24. The highest BCUT2D eigenvalue weighted by Crippen LogP contribution is 2.33. The van der Waals surface area contributed by atoms with E-state index in [9.17, 15) is 14.4 Å². The Labute approximate surface area is 146 Å². The number of carbonyl (C=O) groups excluding carboxylic acids is 3. The van der Waals surface area contributed by atoms with E-state index in [1.807, 2.05) is 13.0 Å². The van der Waals surface area contributed by atoms with Gasteiger partial charge >= 0.3 is 0 Å². The summed E-state index contributed by atoms with van der Waals surface area (Å²) in [6.07, 6.45) is 1.38. The lowest BCUT2D eigenvalue weighted by atomic mass is 10.0. The SMILES string of the molecule is CCCC(=O)c1ccc2c(c1)N(CC(=O)N(C)CCC#N)C(=O)CO2. The molecule has 0 aromatic heterocycles. The lowest BCUT2D eigenvalue weighted by molar-refractivity contribution is -0.130. The third-order valence-electron chi connectivity index (χ3n) is 3.98. The van der Waals surface area contributed by atoms with Gasteiger partial charge in [0.15, 0.2) is 12.4 Å². The molecule has 2 amide bonds. The molecule has 1 heterocycles. The van der Waals surface area contributed by atoms with Crippen LogP contribution < -0.4 is 9.64 Å². The Morgan fingerprint density at radius 2 is 2.16 bits per heavy atom. The largest absolute Gasteiger partial charge is 0.482 e. The minimum absolute atomic E-state index is 0.0132. The molecule has 2 rings (SSSR count). The standard InChI is InChI=1S/C18H21N3O4/c1-3-5-15(22)13-6-7-16-14(10-13)21(18(24)12-25-16)11-17(23)20(2)9-4-8-19/h6-7,10H,3-5,9,11-12H2,1-2H3. The number of benzene rings is 1. The van der Waals surface area contributed by atoms with E-state index in [2.05, 4.69) is 0 Å². The van der Waals surface area contributed by atoms with Gasteiger partial charge < -0.3 is 9.64 Å². The van der Waals surface area contributed by atoms with E-state index in [1.54, 1.807) is 25.2 Å². The molecule has 7 nitrogen and oxygen atoms in total. The summed E-state index contributed by atoms with van der Waals surface area (Å²) in [6.45, 7) is 1.92. The average molecular weight is 343 g/mol. The van der Waals surface area contributed by atoms with E-state index in [-0.39, 0.29) is 37.2 Å². The molecule has 0 unspecified atom stereocenters. The normalized spacial score (nSPS) is 12.8. The van der Waals surface area contributed by atoms with Crippen LogP contribution in [0.4, 0.5) is 5.69 Å². The van der Waals surface area contributed by atoms with Crippen LogP contribution in [0.3, 0.4) is 0 Å². The molecular weight excluding hydrogens is 322 g/mol. The second-order valence-corrected chi connectivity index (χ2v) is 5.85. The number of fused-ring (bicyclic) bond motifs is 1. The van der Waals surface area contributed by atoms with Gasteiger partial charge in [-0.15, -0.1) is 0 Å². The van der Waals surface area contributed by atoms with Crippen molar-refractivity contribution in [2.45, 2.75) is 26.2 Å². The fraction of sp³-hybridized carbons (Fsp3) is 0.444. The molecule has 0 atom stereocenters. The molecule has 0 aliphatic carbocycles. The van der Waals surface area contributed by atoms with E-state index in [1.165, 1.54) is 9.80 Å². The molecule has 132 valence electrons. The molecular formula is C18H21N3O4. The van der Waals surface area contributed by atoms with E-state index in [0.29, 0.717) is 30.0 Å². The van der Waals surface area contributed by atoms with E-state index in [0.717, 1.165) is 6.42 Å². The summed E-state index contributed by atoms with van der Waals surface area (Å²) in [5.74, 6) is -0.155. The zero-order valence-corrected chi connectivity index (χ0v) is 14.4. The third-order valence-corrected chi connectivity index (χ3v) is 3.98. The molecule has 1 aliphatic heterocycles. The topological polar surface area (TPSA) is 90.7 Å². The van der Waals surface area contributed by atoms with Crippen LogP contribution in [0.5, 0.6) is 5.75 Å². The van der Waals surface area contributed by atoms with Crippen molar-refractivity contribution in [1.29, 1.82) is 5.26 Å². The van der Waals surface area contributed by atoms with Gasteiger partial charge in [0.1, 0.15) is 12.3 Å². The Kier molecular flexibility index (Phi) is 6.12. The first-order valence-corrected chi connectivity index (χ1v) is 8.19. The Morgan fingerprint density at radius 1 is 1.40 bits per heavy atom. The summed E-state index contributed by atoms with van der Waals surface area (Å²) in [5, 5.41) is 8.62. The minimum atomic E-state index is -0.338. The quantitative estimate of drug-likeness (QED) is 0.704. The van der Waals surface area contributed by atoms with Crippen LogP contribution in [0.25, 0.3) is 0 Å². The monoisotopic (exact) mass is 343 g/mol. The molecule has 1 aliphatic rings. The van der Waals surface area contributed by atoms with Gasteiger partial charge in [0.25, 0.3) is 5.91 Å². The van der Waals surface area contributed by atoms with Crippen molar-refractivity contribution >= 4 is 23.3 Å². The molecule has 0 saturated heterocycles. The van der Waals surface area contributed by atoms with Crippen molar-refractivity contribution in [1.82, 2.24) is 4.90 Å². The van der Waals surface area contributed by atoms with E-state index >= 15 is 0 Å². The van der Waals surface area contributed by atoms with E-state index < -0.39 is 0 Å². The maximum absolute atomic E-state index is 12.3. The maximum Gasteiger partial charge on any atom is 0.265 e. The van der Waals surface area contributed by atoms with Crippen molar-refractivity contribution < 1.29 is 19.1 Å². The smallest absolute Gasteiger partial charge is 0.265 e. The molecule has 0 N–H and O–H groups in total. The fourth-order valence-corrected chi connectivity index (χ4v) is 2.52. The van der Waals surface area contributed by atoms with Gasteiger partial charge in [-0.3, -0.25) is 19.3 Å². The minimum Gasteiger partial charge on any atom is -0.482 e. The first-order chi connectivity index (χ1) is 12.0. The lowest BCUT2D eigenvalue weighted by Crippen LogP contribution is -2.45. The van der Waals surface area contributed by atoms with Gasteiger partial charge in [-0.05, 0) is 24.6 Å². The number of carbonyl (C=O) groups is 3. The molecule has 1 aromatic rings. The molecule has 7 heteroatoms. The Morgan fingerprint density at radius 3 is 2.84 bits per heavy atom. The van der Waals surface area contributed by atoms with Crippen LogP contribution in [0, 0.1) is 11.3 Å². The number of nitriles is 1. The Hall–Kier alpha value is -2.88. The van der Waals surface area contributed by atoms with Gasteiger partial charge in [-0.25, -0.2) is 0 Å². The van der Waals surface area contributed by atoms with Crippen molar-refractivity contribution in [3.05, 3.63) is 23.8 Å². The predicted octanol–water partition coefficient (Wildman–Crippen LogP) is 1.77. The highest BCUT2D eigenvalue weighted by molar-refractivity contribution is 6.04. The molecule has 0 fully saturated rings. The lowest BCUT2D eigenvalue weighted by Gasteiger charge is -2.30. The van der Waals surface area contributed by atoms with Crippen molar-refractivity contribution in [2.75, 3.05) is 31.6 Å². The molecule has 0 radical (unpaired) electrons. The van der Waals surface area contributed by atoms with Crippen LogP contribution in [0.1, 0.15) is 36.5 Å². The number of ketones is 1. The summed E-state index contributed by atoms with van der Waals surface area (Å²) in [4.78, 5) is 39.4. The van der Waals surface area contributed by atoms with Crippen LogP contribution in [0.15, 0.2) is 18.2 Å². The summed E-state index contributed by atoms with van der Waals surface area (Å²) >= 11 is 0. The predicted molar refractivity (Wildman–Crippen MR) is 91.4 cm³/mol. The maximum atomic E-state index is 12.3. The van der Waals surface area contributed by atoms with Gasteiger partial charge in [0, 0.05) is 25.6 Å². The van der Waals surface area contributed by atoms with Crippen LogP contribution in [-0.4, -0.2) is 49.2 Å². The summed E-state index contributed by atoms with van der Waals surface area (Å²) in [7, 11) is 1.59. The average Bonchev–Trinajstić information content (AvgIpc) is 2.61. The van der Waals surface area contributed by atoms with Gasteiger partial charge in [-0.2, -0.15) is 5.26 Å². The number of amides is 2. The number of anilines is 1. The summed E-state index contributed by atoms with van der Waals surface area (Å²) in [5.41, 5.74) is 0.925. The molecule has 0 bridgehead atoms. The van der Waals surface area contributed by atoms with E-state index in [4.69, 9.17) is 10.00 Å². The number of hydrogen-bond donors (Lipinski definition) is 0. The fourth-order valence-electron chi connectivity index (χ4n) is 2.52. The second kappa shape index (κ2) is 8.29. The number of ether oxygens (including phenoxy) is 1. The first kappa shape index (κ1) is 18.5. The van der Waals surface area contributed by atoms with Gasteiger partial charge in [-0.1, -0.05) is 6.92 Å². The zero-order chi connectivity index (χ0) is 18.4. The van der Waals surface area contributed by atoms with Crippen LogP contribution in [0.2, 0.25) is 0 Å². The van der Waals surface area contributed by atoms with Gasteiger partial charge in [0.05, 0.1) is 18.2 Å². The highest BCUT2D eigenvalue weighted by atomic mass is 16.5. The molecule has 0 spiro atoms. The number of rotatable bonds is 7. The van der Waals surface area contributed by atoms with Crippen LogP contribution >= 0.6 is 0 Å². The first-order valence-electron chi connectivity index (χ1n) is 8.19. The molecule has 25 heavy (non-hydrogen) atoms. The summed E-state index contributed by atoms with van der Waals surface area (Å²) < 4.78 is 5.40. The highest BCUT2D eigenvalue weighted by Gasteiger charge is 2.29. The number of hydrogen-bond acceptors (Lipinski definition) is 5. The molecule has 1 aromatic carbocycles. The van der Waals surface area contributed by atoms with Gasteiger partial charge in [0.2, 0.25) is 5.91 Å². The van der Waals surface area contributed by atoms with Crippen LogP contribution in [-0.2, 0) is 9.59 Å². The second-order valence-electron chi connectivity index (χ2n) is 5.85. The van der Waals surface area contributed by atoms with Crippen molar-refractivity contribution in [2.24, 2.45) is 0 Å². The molecule has 0 saturated carbocycles. The number of likely N-dealkylation sites (N-methyl/N-ethyl adjacent to an activating group) is 1. The van der Waals surface area contributed by atoms with Crippen molar-refractivity contribution in [3.8, 4) is 11.8 Å². The number of nitrogens with zero attached hydrogens (tertiary/aromatic N) is 3. The summed E-state index contributed by atoms with van der Waals surface area (Å²) in [6, 6.07) is 6.91.